The Balaban J connectivity index is 1.40. The average molecular weight is 401 g/mol. The van der Waals surface area contributed by atoms with Crippen molar-refractivity contribution in [2.75, 3.05) is 34.0 Å². The third kappa shape index (κ3) is 5.54. The summed E-state index contributed by atoms with van der Waals surface area (Å²) in [7, 11) is 3.05. The topological polar surface area (TPSA) is 92.3 Å². The van der Waals surface area contributed by atoms with Gasteiger partial charge in [0.15, 0.2) is 29.6 Å². The van der Waals surface area contributed by atoms with Gasteiger partial charge in [-0.1, -0.05) is 18.2 Å². The molecule has 0 unspecified atom stereocenters. The van der Waals surface area contributed by atoms with Crippen LogP contribution in [0.5, 0.6) is 23.0 Å². The van der Waals surface area contributed by atoms with Crippen molar-refractivity contribution in [3.8, 4) is 23.0 Å². The number of hydrogen-bond donors (Lipinski definition) is 1. The molecule has 8 heteroatoms. The Morgan fingerprint density at radius 3 is 2.59 bits per heavy atom. The van der Waals surface area contributed by atoms with Crippen molar-refractivity contribution >= 4 is 11.9 Å². The zero-order chi connectivity index (χ0) is 20.6. The molecule has 0 saturated carbocycles. The van der Waals surface area contributed by atoms with Gasteiger partial charge in [-0.3, -0.25) is 9.59 Å². The maximum atomic E-state index is 12.0. The smallest absolute Gasteiger partial charge is 0.310 e. The first-order valence-corrected chi connectivity index (χ1v) is 9.10. The summed E-state index contributed by atoms with van der Waals surface area (Å²) in [5.41, 5.74) is 0.694. The summed E-state index contributed by atoms with van der Waals surface area (Å²) in [5.74, 6) is 1.48. The summed E-state index contributed by atoms with van der Waals surface area (Å²) in [6.07, 6.45) is -0.291. The Hall–Kier alpha value is -3.42. The first kappa shape index (κ1) is 20.3. The summed E-state index contributed by atoms with van der Waals surface area (Å²) >= 11 is 0. The second-order valence-corrected chi connectivity index (χ2v) is 6.33. The van der Waals surface area contributed by atoms with Crippen LogP contribution < -0.4 is 24.3 Å². The van der Waals surface area contributed by atoms with Gasteiger partial charge >= 0.3 is 5.97 Å². The minimum Gasteiger partial charge on any atom is -0.493 e. The standard InChI is InChI=1S/C21H23NO7/c1-25-16-8-7-14(9-19(16)26-2)10-21(24)28-13-20(23)22-11-15-12-27-17-5-3-4-6-18(17)29-15/h3-9,15H,10-13H2,1-2H3,(H,22,23)/t15-/m0/s1. The van der Waals surface area contributed by atoms with Crippen molar-refractivity contribution in [3.05, 3.63) is 48.0 Å². The van der Waals surface area contributed by atoms with E-state index in [1.165, 1.54) is 14.2 Å². The van der Waals surface area contributed by atoms with E-state index in [4.69, 9.17) is 23.7 Å². The van der Waals surface area contributed by atoms with Gasteiger partial charge in [-0.2, -0.15) is 0 Å². The third-order valence-electron chi connectivity index (χ3n) is 4.26. The predicted octanol–water partition coefficient (Wildman–Crippen LogP) is 1.75. The van der Waals surface area contributed by atoms with Crippen LogP contribution >= 0.6 is 0 Å². The predicted molar refractivity (Wildman–Crippen MR) is 104 cm³/mol. The summed E-state index contributed by atoms with van der Waals surface area (Å²) in [4.78, 5) is 23.9. The SMILES string of the molecule is COc1ccc(CC(=O)OCC(=O)NC[C@H]2COc3ccccc3O2)cc1OC. The van der Waals surface area contributed by atoms with Gasteiger partial charge in [-0.05, 0) is 29.8 Å². The molecule has 1 aliphatic rings. The molecule has 1 aliphatic heterocycles. The maximum Gasteiger partial charge on any atom is 0.310 e. The number of fused-ring (bicyclic) bond motifs is 1. The number of nitrogens with one attached hydrogen (secondary N) is 1. The fourth-order valence-corrected chi connectivity index (χ4v) is 2.80. The molecule has 1 heterocycles. The van der Waals surface area contributed by atoms with E-state index in [1.54, 1.807) is 24.3 Å². The lowest BCUT2D eigenvalue weighted by Crippen LogP contribution is -2.42. The van der Waals surface area contributed by atoms with Crippen LogP contribution in [-0.2, 0) is 20.7 Å². The van der Waals surface area contributed by atoms with Crippen LogP contribution in [0.25, 0.3) is 0 Å². The van der Waals surface area contributed by atoms with E-state index >= 15 is 0 Å². The number of hydrogen-bond acceptors (Lipinski definition) is 7. The van der Waals surface area contributed by atoms with Crippen LogP contribution in [-0.4, -0.2) is 52.0 Å². The largest absolute Gasteiger partial charge is 0.493 e. The number of methoxy groups -OCH3 is 2. The summed E-state index contributed by atoms with van der Waals surface area (Å²) in [5, 5.41) is 2.68. The highest BCUT2D eigenvalue weighted by Gasteiger charge is 2.21. The normalized spacial score (nSPS) is 14.6. The van der Waals surface area contributed by atoms with Gasteiger partial charge in [0.25, 0.3) is 5.91 Å². The molecule has 0 aliphatic carbocycles. The van der Waals surface area contributed by atoms with E-state index in [9.17, 15) is 9.59 Å². The van der Waals surface area contributed by atoms with E-state index in [2.05, 4.69) is 5.32 Å². The fourth-order valence-electron chi connectivity index (χ4n) is 2.80. The lowest BCUT2D eigenvalue weighted by molar-refractivity contribution is -0.148. The number of benzene rings is 2. The molecule has 0 fully saturated rings. The first-order chi connectivity index (χ1) is 14.1. The fraction of sp³-hybridized carbons (Fsp3) is 0.333. The minimum atomic E-state index is -0.515. The zero-order valence-corrected chi connectivity index (χ0v) is 16.3. The van der Waals surface area contributed by atoms with Gasteiger partial charge in [0.1, 0.15) is 12.7 Å². The van der Waals surface area contributed by atoms with Crippen molar-refractivity contribution in [1.29, 1.82) is 0 Å². The quantitative estimate of drug-likeness (QED) is 0.674. The zero-order valence-electron chi connectivity index (χ0n) is 16.3. The second-order valence-electron chi connectivity index (χ2n) is 6.33. The molecular formula is C21H23NO7. The summed E-state index contributed by atoms with van der Waals surface area (Å²) < 4.78 is 26.7. The van der Waals surface area contributed by atoms with Crippen molar-refractivity contribution in [3.63, 3.8) is 0 Å². The molecule has 29 heavy (non-hydrogen) atoms. The number of carbonyl (C=O) groups excluding carboxylic acids is 2. The van der Waals surface area contributed by atoms with Gasteiger partial charge in [-0.15, -0.1) is 0 Å². The van der Waals surface area contributed by atoms with E-state index < -0.39 is 11.9 Å². The molecule has 0 bridgehead atoms. The maximum absolute atomic E-state index is 12.0. The van der Waals surface area contributed by atoms with Crippen LogP contribution in [0.4, 0.5) is 0 Å². The molecule has 1 atom stereocenters. The van der Waals surface area contributed by atoms with Crippen LogP contribution in [0.2, 0.25) is 0 Å². The highest BCUT2D eigenvalue weighted by atomic mass is 16.6. The number of amides is 1. The van der Waals surface area contributed by atoms with E-state index in [0.29, 0.717) is 35.2 Å². The van der Waals surface area contributed by atoms with Gasteiger partial charge in [-0.25, -0.2) is 0 Å². The monoisotopic (exact) mass is 401 g/mol. The highest BCUT2D eigenvalue weighted by molar-refractivity contribution is 5.81. The van der Waals surface area contributed by atoms with Crippen LogP contribution in [0, 0.1) is 0 Å². The number of para-hydroxylation sites is 2. The molecule has 0 aromatic heterocycles. The van der Waals surface area contributed by atoms with Crippen LogP contribution in [0.15, 0.2) is 42.5 Å². The van der Waals surface area contributed by atoms with Crippen LogP contribution in [0.3, 0.4) is 0 Å². The van der Waals surface area contributed by atoms with E-state index in [-0.39, 0.29) is 25.7 Å². The van der Waals surface area contributed by atoms with Gasteiger partial charge < -0.3 is 29.0 Å². The molecule has 2 aromatic rings. The van der Waals surface area contributed by atoms with Gasteiger partial charge in [0, 0.05) is 0 Å². The molecule has 0 saturated heterocycles. The van der Waals surface area contributed by atoms with E-state index in [1.807, 2.05) is 18.2 Å². The van der Waals surface area contributed by atoms with Crippen LogP contribution in [0.1, 0.15) is 5.56 Å². The Morgan fingerprint density at radius 2 is 1.83 bits per heavy atom. The summed E-state index contributed by atoms with van der Waals surface area (Å²) in [6, 6.07) is 12.5. The molecule has 3 rings (SSSR count). The van der Waals surface area contributed by atoms with Crippen molar-refractivity contribution in [2.45, 2.75) is 12.5 Å². The third-order valence-corrected chi connectivity index (χ3v) is 4.26. The Morgan fingerprint density at radius 1 is 1.07 bits per heavy atom. The molecule has 1 amide bonds. The van der Waals surface area contributed by atoms with Gasteiger partial charge in [0.05, 0.1) is 27.2 Å². The Kier molecular flexibility index (Phi) is 6.78. The number of rotatable bonds is 8. The Labute approximate surface area is 168 Å². The van der Waals surface area contributed by atoms with Gasteiger partial charge in [0.2, 0.25) is 0 Å². The summed E-state index contributed by atoms with van der Waals surface area (Å²) in [6.45, 7) is 0.215. The van der Waals surface area contributed by atoms with Crippen molar-refractivity contribution in [2.24, 2.45) is 0 Å². The van der Waals surface area contributed by atoms with E-state index in [0.717, 1.165) is 0 Å². The Bertz CT molecular complexity index is 868. The lowest BCUT2D eigenvalue weighted by Gasteiger charge is -2.26. The molecule has 8 nitrogen and oxygen atoms in total. The first-order valence-electron chi connectivity index (χ1n) is 9.10. The molecule has 154 valence electrons. The molecule has 1 N–H and O–H groups in total. The minimum absolute atomic E-state index is 0.0179. The highest BCUT2D eigenvalue weighted by Crippen LogP contribution is 2.30. The second kappa shape index (κ2) is 9.68. The number of carbonyl (C=O) groups is 2. The molecule has 0 spiro atoms. The molecule has 2 aromatic carbocycles. The number of ether oxygens (including phenoxy) is 5. The lowest BCUT2D eigenvalue weighted by atomic mass is 10.1. The molecule has 0 radical (unpaired) electrons. The molecular weight excluding hydrogens is 378 g/mol. The van der Waals surface area contributed by atoms with Crippen molar-refractivity contribution in [1.82, 2.24) is 5.32 Å². The van der Waals surface area contributed by atoms with Crippen molar-refractivity contribution < 1.29 is 33.3 Å². The number of esters is 1. The average Bonchev–Trinajstić information content (AvgIpc) is 2.76.